The Morgan fingerprint density at radius 1 is 1.19 bits per heavy atom. The Morgan fingerprint density at radius 2 is 1.69 bits per heavy atom. The molecular formula is C12H18O3S. The molecule has 0 radical (unpaired) electrons. The van der Waals surface area contributed by atoms with Crippen molar-refractivity contribution in [2.75, 3.05) is 6.61 Å². The van der Waals surface area contributed by atoms with Crippen LogP contribution in [0.1, 0.15) is 31.9 Å². The summed E-state index contributed by atoms with van der Waals surface area (Å²) in [6.45, 7) is 7.11. The van der Waals surface area contributed by atoms with Gasteiger partial charge in [0.05, 0.1) is 6.61 Å². The van der Waals surface area contributed by atoms with E-state index in [0.717, 1.165) is 11.1 Å². The van der Waals surface area contributed by atoms with Crippen LogP contribution in [0.3, 0.4) is 0 Å². The summed E-state index contributed by atoms with van der Waals surface area (Å²) in [4.78, 5) is 0. The molecule has 0 aliphatic rings. The molecule has 1 rings (SSSR count). The van der Waals surface area contributed by atoms with Gasteiger partial charge in [-0.2, -0.15) is 8.42 Å². The van der Waals surface area contributed by atoms with Crippen molar-refractivity contribution in [1.82, 2.24) is 0 Å². The van der Waals surface area contributed by atoms with Crippen molar-refractivity contribution < 1.29 is 12.6 Å². The maximum atomic E-state index is 11.9. The molecule has 0 bridgehead atoms. The summed E-state index contributed by atoms with van der Waals surface area (Å²) in [6, 6.07) is 7.45. The molecule has 0 aliphatic heterocycles. The molecule has 0 aliphatic carbocycles. The summed E-state index contributed by atoms with van der Waals surface area (Å²) >= 11 is 0. The quantitative estimate of drug-likeness (QED) is 0.762. The standard InChI is InChI=1S/C12H18O3S/c1-5-15-16(13,14)12(3,4)11-8-6-10(2)7-9-11/h6-9H,5H2,1-4H3. The highest BCUT2D eigenvalue weighted by Crippen LogP contribution is 2.30. The maximum Gasteiger partial charge on any atom is 0.276 e. The zero-order chi connectivity index (χ0) is 12.4. The van der Waals surface area contributed by atoms with Gasteiger partial charge in [-0.05, 0) is 33.3 Å². The summed E-state index contributed by atoms with van der Waals surface area (Å²) in [5.41, 5.74) is 1.85. The van der Waals surface area contributed by atoms with Crippen LogP contribution in [0, 0.1) is 6.92 Å². The van der Waals surface area contributed by atoms with Crippen LogP contribution in [-0.2, 0) is 19.0 Å². The first kappa shape index (κ1) is 13.2. The average molecular weight is 242 g/mol. The fourth-order valence-electron chi connectivity index (χ4n) is 1.40. The second-order valence-electron chi connectivity index (χ2n) is 4.24. The molecule has 0 aromatic heterocycles. The van der Waals surface area contributed by atoms with Gasteiger partial charge < -0.3 is 0 Å². The highest BCUT2D eigenvalue weighted by Gasteiger charge is 2.36. The van der Waals surface area contributed by atoms with E-state index in [1.54, 1.807) is 20.8 Å². The molecule has 0 saturated heterocycles. The molecule has 0 amide bonds. The predicted octanol–water partition coefficient (Wildman–Crippen LogP) is 2.60. The van der Waals surface area contributed by atoms with Gasteiger partial charge in [0.1, 0.15) is 4.75 Å². The lowest BCUT2D eigenvalue weighted by Gasteiger charge is -2.24. The molecule has 0 atom stereocenters. The van der Waals surface area contributed by atoms with Gasteiger partial charge in [-0.25, -0.2) is 0 Å². The van der Waals surface area contributed by atoms with E-state index in [1.165, 1.54) is 0 Å². The maximum absolute atomic E-state index is 11.9. The summed E-state index contributed by atoms with van der Waals surface area (Å²) < 4.78 is 27.7. The van der Waals surface area contributed by atoms with Crippen LogP contribution in [0.15, 0.2) is 24.3 Å². The SMILES string of the molecule is CCOS(=O)(=O)C(C)(C)c1ccc(C)cc1. The first-order valence-corrected chi connectivity index (χ1v) is 6.68. The van der Waals surface area contributed by atoms with Crippen LogP contribution in [0.2, 0.25) is 0 Å². The molecule has 0 unspecified atom stereocenters. The van der Waals surface area contributed by atoms with Gasteiger partial charge in [0, 0.05) is 0 Å². The lowest BCUT2D eigenvalue weighted by molar-refractivity contribution is 0.320. The number of rotatable bonds is 4. The van der Waals surface area contributed by atoms with Crippen LogP contribution in [0.25, 0.3) is 0 Å². The fourth-order valence-corrected chi connectivity index (χ4v) is 2.43. The first-order valence-electron chi connectivity index (χ1n) is 5.27. The van der Waals surface area contributed by atoms with E-state index in [1.807, 2.05) is 31.2 Å². The van der Waals surface area contributed by atoms with Gasteiger partial charge in [-0.1, -0.05) is 29.8 Å². The highest BCUT2D eigenvalue weighted by atomic mass is 32.2. The van der Waals surface area contributed by atoms with Gasteiger partial charge in [-0.15, -0.1) is 0 Å². The average Bonchev–Trinajstić information content (AvgIpc) is 2.18. The van der Waals surface area contributed by atoms with Crippen molar-refractivity contribution in [2.45, 2.75) is 32.4 Å². The second kappa shape index (κ2) is 4.55. The number of benzene rings is 1. The monoisotopic (exact) mass is 242 g/mol. The lowest BCUT2D eigenvalue weighted by atomic mass is 10.0. The molecule has 1 aromatic rings. The Kier molecular flexibility index (Phi) is 3.76. The van der Waals surface area contributed by atoms with Gasteiger partial charge in [-0.3, -0.25) is 4.18 Å². The normalized spacial score (nSPS) is 12.8. The molecule has 0 saturated carbocycles. The Morgan fingerprint density at radius 3 is 2.12 bits per heavy atom. The Hall–Kier alpha value is -0.870. The summed E-state index contributed by atoms with van der Waals surface area (Å²) in [6.07, 6.45) is 0. The summed E-state index contributed by atoms with van der Waals surface area (Å²) in [5.74, 6) is 0. The van der Waals surface area contributed by atoms with E-state index >= 15 is 0 Å². The smallest absolute Gasteiger partial charge is 0.270 e. The van der Waals surface area contributed by atoms with Gasteiger partial charge >= 0.3 is 0 Å². The van der Waals surface area contributed by atoms with Gasteiger partial charge in [0.15, 0.2) is 0 Å². The Balaban J connectivity index is 3.15. The third-order valence-electron chi connectivity index (χ3n) is 2.64. The van der Waals surface area contributed by atoms with Crippen LogP contribution in [0.4, 0.5) is 0 Å². The van der Waals surface area contributed by atoms with E-state index < -0.39 is 14.9 Å². The molecule has 16 heavy (non-hydrogen) atoms. The molecule has 90 valence electrons. The topological polar surface area (TPSA) is 43.4 Å². The summed E-state index contributed by atoms with van der Waals surface area (Å²) in [7, 11) is -3.58. The lowest BCUT2D eigenvalue weighted by Crippen LogP contribution is -2.31. The van der Waals surface area contributed by atoms with Crippen molar-refractivity contribution in [3.8, 4) is 0 Å². The molecule has 0 heterocycles. The van der Waals surface area contributed by atoms with E-state index in [2.05, 4.69) is 0 Å². The minimum atomic E-state index is -3.58. The Bertz CT molecular complexity index is 444. The zero-order valence-electron chi connectivity index (χ0n) is 10.1. The molecule has 4 heteroatoms. The van der Waals surface area contributed by atoms with E-state index in [4.69, 9.17) is 4.18 Å². The molecular weight excluding hydrogens is 224 g/mol. The second-order valence-corrected chi connectivity index (χ2v) is 6.40. The van der Waals surface area contributed by atoms with Crippen LogP contribution in [0.5, 0.6) is 0 Å². The van der Waals surface area contributed by atoms with Crippen molar-refractivity contribution >= 4 is 10.1 Å². The van der Waals surface area contributed by atoms with E-state index in [-0.39, 0.29) is 6.61 Å². The molecule has 0 spiro atoms. The van der Waals surface area contributed by atoms with Crippen LogP contribution in [-0.4, -0.2) is 15.0 Å². The van der Waals surface area contributed by atoms with Crippen LogP contribution < -0.4 is 0 Å². The van der Waals surface area contributed by atoms with E-state index in [9.17, 15) is 8.42 Å². The Labute approximate surface area is 97.6 Å². The molecule has 0 N–H and O–H groups in total. The fraction of sp³-hybridized carbons (Fsp3) is 0.500. The van der Waals surface area contributed by atoms with Crippen molar-refractivity contribution in [3.05, 3.63) is 35.4 Å². The number of hydrogen-bond donors (Lipinski definition) is 0. The first-order chi connectivity index (χ1) is 7.31. The minimum absolute atomic E-state index is 0.164. The van der Waals surface area contributed by atoms with Crippen molar-refractivity contribution in [3.63, 3.8) is 0 Å². The zero-order valence-corrected chi connectivity index (χ0v) is 11.0. The van der Waals surface area contributed by atoms with Gasteiger partial charge in [0.2, 0.25) is 0 Å². The molecule has 0 fully saturated rings. The molecule has 3 nitrogen and oxygen atoms in total. The van der Waals surface area contributed by atoms with Crippen molar-refractivity contribution in [1.29, 1.82) is 0 Å². The summed E-state index contributed by atoms with van der Waals surface area (Å²) in [5, 5.41) is 0. The number of hydrogen-bond acceptors (Lipinski definition) is 3. The molecule has 1 aromatic carbocycles. The number of aryl methyl sites for hydroxylation is 1. The highest BCUT2D eigenvalue weighted by molar-refractivity contribution is 7.87. The van der Waals surface area contributed by atoms with Gasteiger partial charge in [0.25, 0.3) is 10.1 Å². The third-order valence-corrected chi connectivity index (χ3v) is 4.68. The van der Waals surface area contributed by atoms with Crippen molar-refractivity contribution in [2.24, 2.45) is 0 Å². The predicted molar refractivity (Wildman–Crippen MR) is 64.8 cm³/mol. The largest absolute Gasteiger partial charge is 0.276 e. The third kappa shape index (κ3) is 2.44. The van der Waals surface area contributed by atoms with E-state index in [0.29, 0.717) is 0 Å². The van der Waals surface area contributed by atoms with Crippen LogP contribution >= 0.6 is 0 Å². The minimum Gasteiger partial charge on any atom is -0.270 e.